The number of benzene rings is 1. The van der Waals surface area contributed by atoms with Crippen molar-refractivity contribution in [1.29, 1.82) is 0 Å². The summed E-state index contributed by atoms with van der Waals surface area (Å²) >= 11 is 0. The van der Waals surface area contributed by atoms with Crippen molar-refractivity contribution in [3.8, 4) is 0 Å². The molecular formula is C17H23NO3. The number of nitrogens with one attached hydrogen (secondary N) is 1. The summed E-state index contributed by atoms with van der Waals surface area (Å²) in [7, 11) is 0. The van der Waals surface area contributed by atoms with Crippen LogP contribution in [-0.2, 0) is 9.59 Å². The monoisotopic (exact) mass is 289 g/mol. The second-order valence-corrected chi connectivity index (χ2v) is 5.96. The van der Waals surface area contributed by atoms with Crippen molar-refractivity contribution in [3.63, 3.8) is 0 Å². The summed E-state index contributed by atoms with van der Waals surface area (Å²) in [6.07, 6.45) is 5.01. The predicted octanol–water partition coefficient (Wildman–Crippen LogP) is 3.13. The quantitative estimate of drug-likeness (QED) is 0.895. The van der Waals surface area contributed by atoms with Crippen LogP contribution in [0.5, 0.6) is 0 Å². The highest BCUT2D eigenvalue weighted by molar-refractivity contribution is 5.86. The van der Waals surface area contributed by atoms with Gasteiger partial charge >= 0.3 is 5.97 Å². The average Bonchev–Trinajstić information content (AvgIpc) is 2.48. The van der Waals surface area contributed by atoms with Gasteiger partial charge in [-0.05, 0) is 43.4 Å². The Morgan fingerprint density at radius 3 is 2.38 bits per heavy atom. The number of hydrogen-bond acceptors (Lipinski definition) is 2. The Kier molecular flexibility index (Phi) is 4.99. The van der Waals surface area contributed by atoms with Gasteiger partial charge < -0.3 is 10.4 Å². The smallest absolute Gasteiger partial charge is 0.330 e. The van der Waals surface area contributed by atoms with Crippen LogP contribution >= 0.6 is 0 Å². The highest BCUT2D eigenvalue weighted by Crippen LogP contribution is 2.25. The first-order valence-electron chi connectivity index (χ1n) is 7.59. The highest BCUT2D eigenvalue weighted by atomic mass is 16.4. The van der Waals surface area contributed by atoms with E-state index in [1.165, 1.54) is 6.42 Å². The van der Waals surface area contributed by atoms with Gasteiger partial charge in [0.1, 0.15) is 0 Å². The topological polar surface area (TPSA) is 66.4 Å². The van der Waals surface area contributed by atoms with E-state index < -0.39 is 12.0 Å². The van der Waals surface area contributed by atoms with Gasteiger partial charge in [0, 0.05) is 5.92 Å². The molecule has 21 heavy (non-hydrogen) atoms. The van der Waals surface area contributed by atoms with Crippen LogP contribution in [0.3, 0.4) is 0 Å². The summed E-state index contributed by atoms with van der Waals surface area (Å²) in [5, 5.41) is 12.1. The second-order valence-electron chi connectivity index (χ2n) is 5.96. The third-order valence-corrected chi connectivity index (χ3v) is 4.37. The van der Waals surface area contributed by atoms with Crippen molar-refractivity contribution >= 4 is 11.9 Å². The summed E-state index contributed by atoms with van der Waals surface area (Å²) in [4.78, 5) is 23.8. The molecule has 4 nitrogen and oxygen atoms in total. The lowest BCUT2D eigenvalue weighted by atomic mass is 9.88. The lowest BCUT2D eigenvalue weighted by Gasteiger charge is -2.23. The molecule has 0 heterocycles. The van der Waals surface area contributed by atoms with Crippen LogP contribution in [0.15, 0.2) is 18.2 Å². The van der Waals surface area contributed by atoms with E-state index in [-0.39, 0.29) is 11.8 Å². The van der Waals surface area contributed by atoms with Crippen LogP contribution in [0.4, 0.5) is 0 Å². The van der Waals surface area contributed by atoms with Crippen molar-refractivity contribution in [2.75, 3.05) is 0 Å². The Hall–Kier alpha value is -1.84. The molecule has 2 rings (SSSR count). The second kappa shape index (κ2) is 6.74. The van der Waals surface area contributed by atoms with Crippen molar-refractivity contribution in [3.05, 3.63) is 34.9 Å². The van der Waals surface area contributed by atoms with Crippen LogP contribution in [0.2, 0.25) is 0 Å². The SMILES string of the molecule is Cc1ccc(C(NC(=O)C2CCCCC2)C(=O)O)cc1C. The molecule has 0 spiro atoms. The lowest BCUT2D eigenvalue weighted by Crippen LogP contribution is -2.38. The Bertz CT molecular complexity index is 533. The summed E-state index contributed by atoms with van der Waals surface area (Å²) < 4.78 is 0. The third kappa shape index (κ3) is 3.84. The standard InChI is InChI=1S/C17H23NO3/c1-11-8-9-14(10-12(11)2)15(17(20)21)18-16(19)13-6-4-3-5-7-13/h8-10,13,15H,3-7H2,1-2H3,(H,18,19)(H,20,21). The van der Waals surface area contributed by atoms with Crippen LogP contribution in [-0.4, -0.2) is 17.0 Å². The van der Waals surface area contributed by atoms with E-state index >= 15 is 0 Å². The first kappa shape index (κ1) is 15.5. The third-order valence-electron chi connectivity index (χ3n) is 4.37. The van der Waals surface area contributed by atoms with Crippen LogP contribution in [0.1, 0.15) is 54.8 Å². The van der Waals surface area contributed by atoms with Crippen LogP contribution in [0.25, 0.3) is 0 Å². The van der Waals surface area contributed by atoms with E-state index in [4.69, 9.17) is 0 Å². The molecule has 1 fully saturated rings. The normalized spacial score (nSPS) is 17.2. The molecule has 0 bridgehead atoms. The van der Waals surface area contributed by atoms with Gasteiger partial charge in [0.15, 0.2) is 6.04 Å². The molecule has 1 atom stereocenters. The molecule has 0 aromatic heterocycles. The van der Waals surface area contributed by atoms with Crippen LogP contribution < -0.4 is 5.32 Å². The fourth-order valence-corrected chi connectivity index (χ4v) is 2.86. The number of carboxylic acids is 1. The number of carbonyl (C=O) groups is 2. The number of carboxylic acid groups (broad SMARTS) is 1. The van der Waals surface area contributed by atoms with Crippen molar-refractivity contribution in [1.82, 2.24) is 5.32 Å². The molecule has 0 radical (unpaired) electrons. The Balaban J connectivity index is 2.13. The van der Waals surface area contributed by atoms with Gasteiger partial charge in [-0.1, -0.05) is 37.5 Å². The highest BCUT2D eigenvalue weighted by Gasteiger charge is 2.27. The maximum absolute atomic E-state index is 12.3. The molecule has 0 aliphatic heterocycles. The molecule has 1 aliphatic carbocycles. The number of hydrogen-bond donors (Lipinski definition) is 2. The summed E-state index contributed by atoms with van der Waals surface area (Å²) in [6.45, 7) is 3.93. The molecule has 0 saturated heterocycles. The Morgan fingerprint density at radius 2 is 1.81 bits per heavy atom. The minimum absolute atomic E-state index is 0.0351. The number of carbonyl (C=O) groups excluding carboxylic acids is 1. The van der Waals surface area contributed by atoms with E-state index in [1.807, 2.05) is 26.0 Å². The average molecular weight is 289 g/mol. The summed E-state index contributed by atoms with van der Waals surface area (Å²) in [6, 6.07) is 4.56. The molecular weight excluding hydrogens is 266 g/mol. The van der Waals surface area contributed by atoms with E-state index in [0.717, 1.165) is 36.8 Å². The molecule has 1 amide bonds. The zero-order valence-electron chi connectivity index (χ0n) is 12.7. The fraction of sp³-hybridized carbons (Fsp3) is 0.529. The van der Waals surface area contributed by atoms with E-state index in [2.05, 4.69) is 5.32 Å². The van der Waals surface area contributed by atoms with Gasteiger partial charge in [0.25, 0.3) is 0 Å². The summed E-state index contributed by atoms with van der Waals surface area (Å²) in [5.41, 5.74) is 2.78. The Labute approximate surface area is 125 Å². The summed E-state index contributed by atoms with van der Waals surface area (Å²) in [5.74, 6) is -1.17. The van der Waals surface area contributed by atoms with E-state index in [0.29, 0.717) is 5.56 Å². The molecule has 1 saturated carbocycles. The number of aliphatic carboxylic acids is 1. The maximum atomic E-state index is 12.3. The zero-order valence-corrected chi connectivity index (χ0v) is 12.7. The molecule has 2 N–H and O–H groups in total. The van der Waals surface area contributed by atoms with Crippen molar-refractivity contribution in [2.45, 2.75) is 52.0 Å². The molecule has 1 aromatic rings. The van der Waals surface area contributed by atoms with E-state index in [1.54, 1.807) is 6.07 Å². The predicted molar refractivity (Wildman–Crippen MR) is 81.0 cm³/mol. The van der Waals surface area contributed by atoms with Gasteiger partial charge in [-0.15, -0.1) is 0 Å². The maximum Gasteiger partial charge on any atom is 0.330 e. The minimum atomic E-state index is -1.01. The molecule has 4 heteroatoms. The van der Waals surface area contributed by atoms with Gasteiger partial charge in [-0.2, -0.15) is 0 Å². The van der Waals surface area contributed by atoms with Gasteiger partial charge in [0.05, 0.1) is 0 Å². The zero-order chi connectivity index (χ0) is 15.4. The molecule has 1 aromatic carbocycles. The first-order valence-corrected chi connectivity index (χ1v) is 7.59. The number of amides is 1. The molecule has 114 valence electrons. The van der Waals surface area contributed by atoms with Crippen molar-refractivity contribution < 1.29 is 14.7 Å². The largest absolute Gasteiger partial charge is 0.479 e. The van der Waals surface area contributed by atoms with Gasteiger partial charge in [0.2, 0.25) is 5.91 Å². The lowest BCUT2D eigenvalue weighted by molar-refractivity contribution is -0.142. The van der Waals surface area contributed by atoms with Gasteiger partial charge in [-0.3, -0.25) is 4.79 Å². The Morgan fingerprint density at radius 1 is 1.14 bits per heavy atom. The molecule has 1 unspecified atom stereocenters. The van der Waals surface area contributed by atoms with E-state index in [9.17, 15) is 14.7 Å². The molecule has 1 aliphatic rings. The first-order chi connectivity index (χ1) is 9.99. The minimum Gasteiger partial charge on any atom is -0.479 e. The van der Waals surface area contributed by atoms with Crippen LogP contribution in [0, 0.1) is 19.8 Å². The number of rotatable bonds is 4. The van der Waals surface area contributed by atoms with Crippen molar-refractivity contribution in [2.24, 2.45) is 5.92 Å². The number of aryl methyl sites for hydroxylation is 2. The fourth-order valence-electron chi connectivity index (χ4n) is 2.86. The van der Waals surface area contributed by atoms with Gasteiger partial charge in [-0.25, -0.2) is 4.79 Å².